The third-order valence-corrected chi connectivity index (χ3v) is 7.27. The minimum absolute atomic E-state index is 0.210. The van der Waals surface area contributed by atoms with E-state index in [1.165, 1.54) is 16.7 Å². The van der Waals surface area contributed by atoms with E-state index in [4.69, 9.17) is 9.47 Å². The van der Waals surface area contributed by atoms with Crippen LogP contribution in [0.2, 0.25) is 0 Å². The molecule has 34 heavy (non-hydrogen) atoms. The first-order valence-electron chi connectivity index (χ1n) is 11.3. The Bertz CT molecular complexity index is 875. The van der Waals surface area contributed by atoms with Crippen LogP contribution in [0.4, 0.5) is 4.79 Å². The number of carbonyl (C=O) groups excluding carboxylic acids is 3. The summed E-state index contributed by atoms with van der Waals surface area (Å²) in [5.74, 6) is -0.692. The van der Waals surface area contributed by atoms with Crippen molar-refractivity contribution >= 4 is 29.7 Å². The van der Waals surface area contributed by atoms with E-state index in [9.17, 15) is 19.5 Å². The molecule has 2 fully saturated rings. The molecule has 0 aliphatic carbocycles. The van der Waals surface area contributed by atoms with Gasteiger partial charge in [-0.2, -0.15) is 0 Å². The van der Waals surface area contributed by atoms with Crippen molar-refractivity contribution in [2.75, 3.05) is 25.6 Å². The third kappa shape index (κ3) is 6.52. The first-order chi connectivity index (χ1) is 16.2. The Labute approximate surface area is 204 Å². The molecule has 0 radical (unpaired) electrons. The number of aliphatic hydroxyl groups excluding tert-OH is 1. The van der Waals surface area contributed by atoms with Crippen LogP contribution in [0.5, 0.6) is 0 Å². The first-order valence-corrected chi connectivity index (χ1v) is 12.3. The molecule has 186 valence electrons. The number of hydrogen-bond donors (Lipinski definition) is 3. The van der Waals surface area contributed by atoms with Gasteiger partial charge in [-0.15, -0.1) is 18.3 Å². The molecular formula is C24H33N3O6S. The van der Waals surface area contributed by atoms with E-state index < -0.39 is 34.9 Å². The maximum Gasteiger partial charge on any atom is 0.407 e. The molecule has 3 amide bonds. The van der Waals surface area contributed by atoms with Gasteiger partial charge in [-0.3, -0.25) is 9.59 Å². The Hall–Kier alpha value is -2.56. The molecule has 0 unspecified atom stereocenters. The molecule has 3 rings (SSSR count). The summed E-state index contributed by atoms with van der Waals surface area (Å²) in [6.45, 7) is 8.49. The van der Waals surface area contributed by atoms with Crippen LogP contribution in [0, 0.1) is 0 Å². The van der Waals surface area contributed by atoms with Crippen LogP contribution in [0.1, 0.15) is 25.8 Å². The second kappa shape index (κ2) is 11.7. The van der Waals surface area contributed by atoms with Crippen LogP contribution in [-0.4, -0.2) is 82.6 Å². The molecule has 0 aromatic heterocycles. The zero-order valence-corrected chi connectivity index (χ0v) is 20.4. The van der Waals surface area contributed by atoms with Gasteiger partial charge in [0.2, 0.25) is 5.91 Å². The maximum absolute atomic E-state index is 13.4. The molecule has 0 saturated carbocycles. The fourth-order valence-corrected chi connectivity index (χ4v) is 5.22. The summed E-state index contributed by atoms with van der Waals surface area (Å²) in [5, 5.41) is 16.5. The number of hydrogen-bond acceptors (Lipinski definition) is 7. The van der Waals surface area contributed by atoms with Gasteiger partial charge in [-0.25, -0.2) is 4.79 Å². The van der Waals surface area contributed by atoms with E-state index >= 15 is 0 Å². The van der Waals surface area contributed by atoms with Crippen LogP contribution >= 0.6 is 11.8 Å². The van der Waals surface area contributed by atoms with Crippen molar-refractivity contribution in [3.8, 4) is 0 Å². The lowest BCUT2D eigenvalue weighted by atomic mass is 9.97. The van der Waals surface area contributed by atoms with Gasteiger partial charge in [0.25, 0.3) is 5.91 Å². The maximum atomic E-state index is 13.4. The Morgan fingerprint density at radius 3 is 2.74 bits per heavy atom. The van der Waals surface area contributed by atoms with Crippen molar-refractivity contribution in [1.82, 2.24) is 15.5 Å². The fourth-order valence-electron chi connectivity index (χ4n) is 4.08. The first kappa shape index (κ1) is 26.1. The van der Waals surface area contributed by atoms with Crippen LogP contribution in [-0.2, 0) is 25.5 Å². The van der Waals surface area contributed by atoms with Crippen LogP contribution in [0.3, 0.4) is 0 Å². The minimum atomic E-state index is -1.57. The predicted molar refractivity (Wildman–Crippen MR) is 129 cm³/mol. The predicted octanol–water partition coefficient (Wildman–Crippen LogP) is 1.46. The number of carbonyl (C=O) groups is 3. The molecule has 3 N–H and O–H groups in total. The molecule has 2 saturated heterocycles. The monoisotopic (exact) mass is 491 g/mol. The lowest BCUT2D eigenvalue weighted by molar-refractivity contribution is -0.147. The zero-order chi connectivity index (χ0) is 24.7. The molecule has 2 heterocycles. The van der Waals surface area contributed by atoms with Gasteiger partial charge in [0.1, 0.15) is 12.1 Å². The Morgan fingerprint density at radius 1 is 1.35 bits per heavy atom. The van der Waals surface area contributed by atoms with Crippen molar-refractivity contribution in [3.63, 3.8) is 0 Å². The fraction of sp³-hybridized carbons (Fsp3) is 0.542. The Balaban J connectivity index is 1.76. The number of amides is 3. The SMILES string of the molecule is C=CCNC(=O)[C@H]1N(C(=O)[C@@H](O)[C@H](Cc2ccccc2)NC(=O)O[C@H]2CCOC2)CSC1(C)C. The van der Waals surface area contributed by atoms with Crippen molar-refractivity contribution in [2.24, 2.45) is 0 Å². The van der Waals surface area contributed by atoms with Gasteiger partial charge in [-0.05, 0) is 25.8 Å². The zero-order valence-electron chi connectivity index (χ0n) is 19.6. The topological polar surface area (TPSA) is 117 Å². The van der Waals surface area contributed by atoms with E-state index in [0.717, 1.165) is 5.56 Å². The van der Waals surface area contributed by atoms with Crippen LogP contribution in [0.15, 0.2) is 43.0 Å². The highest BCUT2D eigenvalue weighted by molar-refractivity contribution is 8.00. The summed E-state index contributed by atoms with van der Waals surface area (Å²) < 4.78 is 10.1. The largest absolute Gasteiger partial charge is 0.444 e. The highest BCUT2D eigenvalue weighted by atomic mass is 32.2. The normalized spacial score (nSPS) is 23.1. The number of benzene rings is 1. The summed E-state index contributed by atoms with van der Waals surface area (Å²) in [4.78, 5) is 40.2. The summed E-state index contributed by atoms with van der Waals surface area (Å²) >= 11 is 1.46. The number of alkyl carbamates (subject to hydrolysis) is 1. The smallest absolute Gasteiger partial charge is 0.407 e. The van der Waals surface area contributed by atoms with Gasteiger partial charge in [0, 0.05) is 17.7 Å². The van der Waals surface area contributed by atoms with E-state index in [0.29, 0.717) is 19.6 Å². The summed E-state index contributed by atoms with van der Waals surface area (Å²) in [7, 11) is 0. The summed E-state index contributed by atoms with van der Waals surface area (Å²) in [5.41, 5.74) is 0.834. The third-order valence-electron chi connectivity index (χ3n) is 5.90. The number of thioether (sulfide) groups is 1. The highest BCUT2D eigenvalue weighted by Crippen LogP contribution is 2.39. The average molecular weight is 492 g/mol. The van der Waals surface area contributed by atoms with Crippen LogP contribution < -0.4 is 10.6 Å². The quantitative estimate of drug-likeness (QED) is 0.448. The molecule has 2 aliphatic rings. The summed E-state index contributed by atoms with van der Waals surface area (Å²) in [6.07, 6.45) is -0.286. The Morgan fingerprint density at radius 2 is 2.09 bits per heavy atom. The lowest BCUT2D eigenvalue weighted by Crippen LogP contribution is -2.58. The van der Waals surface area contributed by atoms with Gasteiger partial charge >= 0.3 is 6.09 Å². The molecule has 1 aromatic rings. The molecular weight excluding hydrogens is 458 g/mol. The number of aliphatic hydroxyl groups is 1. The number of nitrogens with one attached hydrogen (secondary N) is 2. The van der Waals surface area contributed by atoms with Gasteiger partial charge < -0.3 is 30.1 Å². The standard InChI is InChI=1S/C24H33N3O6S/c1-4-11-25-21(29)20-24(2,3)34-15-27(20)22(30)19(28)18(13-16-8-6-5-7-9-16)26-23(31)33-17-10-12-32-14-17/h4-9,17-20,28H,1,10-15H2,2-3H3,(H,25,29)(H,26,31)/t17-,18-,19-,20+/m0/s1. The van der Waals surface area contributed by atoms with Crippen molar-refractivity contribution < 1.29 is 29.0 Å². The molecule has 4 atom stereocenters. The summed E-state index contributed by atoms with van der Waals surface area (Å²) in [6, 6.07) is 7.51. The number of nitrogens with zero attached hydrogens (tertiary/aromatic N) is 1. The molecule has 10 heteroatoms. The molecule has 2 aliphatic heterocycles. The van der Waals surface area contributed by atoms with Crippen molar-refractivity contribution in [2.45, 2.75) is 55.7 Å². The van der Waals surface area contributed by atoms with Gasteiger partial charge in [-0.1, -0.05) is 36.4 Å². The second-order valence-electron chi connectivity index (χ2n) is 8.90. The number of ether oxygens (including phenoxy) is 2. The van der Waals surface area contributed by atoms with E-state index in [-0.39, 0.29) is 30.9 Å². The van der Waals surface area contributed by atoms with Crippen molar-refractivity contribution in [1.29, 1.82) is 0 Å². The highest BCUT2D eigenvalue weighted by Gasteiger charge is 2.49. The van der Waals surface area contributed by atoms with Crippen LogP contribution in [0.25, 0.3) is 0 Å². The minimum Gasteiger partial charge on any atom is -0.444 e. The van der Waals surface area contributed by atoms with Crippen molar-refractivity contribution in [3.05, 3.63) is 48.6 Å². The number of rotatable bonds is 9. The van der Waals surface area contributed by atoms with Gasteiger partial charge in [0.15, 0.2) is 6.10 Å². The Kier molecular flexibility index (Phi) is 8.98. The average Bonchev–Trinajstić information content (AvgIpc) is 3.43. The molecule has 9 nitrogen and oxygen atoms in total. The molecule has 0 spiro atoms. The lowest BCUT2D eigenvalue weighted by Gasteiger charge is -2.33. The second-order valence-corrected chi connectivity index (χ2v) is 10.5. The van der Waals surface area contributed by atoms with E-state index in [1.807, 2.05) is 44.2 Å². The van der Waals surface area contributed by atoms with E-state index in [1.54, 1.807) is 6.08 Å². The molecule has 0 bridgehead atoms. The van der Waals surface area contributed by atoms with E-state index in [2.05, 4.69) is 17.2 Å². The molecule has 1 aromatic carbocycles. The van der Waals surface area contributed by atoms with Gasteiger partial charge in [0.05, 0.1) is 25.1 Å².